The molecule has 1 aromatic carbocycles. The Morgan fingerprint density at radius 3 is 2.80 bits per heavy atom. The van der Waals surface area contributed by atoms with E-state index in [9.17, 15) is 9.59 Å². The number of hydrogen-bond acceptors (Lipinski definition) is 5. The van der Waals surface area contributed by atoms with Gasteiger partial charge in [0.25, 0.3) is 5.56 Å². The number of Topliss-reactive ketones (excluding diaryl/α,β-unsaturated/α-hetero) is 1. The molecule has 0 amide bonds. The van der Waals surface area contributed by atoms with Crippen LogP contribution in [-0.4, -0.2) is 26.1 Å². The van der Waals surface area contributed by atoms with Gasteiger partial charge in [0.2, 0.25) is 0 Å². The monoisotopic (exact) mass is 353 g/mol. The van der Waals surface area contributed by atoms with Crippen molar-refractivity contribution in [1.82, 2.24) is 14.5 Å². The molecular formula is C19H19N3O2S. The maximum atomic E-state index is 13.0. The molecule has 2 heterocycles. The quantitative estimate of drug-likeness (QED) is 0.385. The number of rotatable bonds is 6. The highest BCUT2D eigenvalue weighted by molar-refractivity contribution is 7.99. The lowest BCUT2D eigenvalue weighted by Gasteiger charge is -2.12. The van der Waals surface area contributed by atoms with Gasteiger partial charge in [0.15, 0.2) is 5.16 Å². The second-order valence-corrected chi connectivity index (χ2v) is 6.96. The van der Waals surface area contributed by atoms with E-state index in [2.05, 4.69) is 9.97 Å². The first-order valence-electron chi connectivity index (χ1n) is 8.13. The van der Waals surface area contributed by atoms with E-state index in [1.54, 1.807) is 23.8 Å². The maximum absolute atomic E-state index is 13.0. The predicted molar refractivity (Wildman–Crippen MR) is 101 cm³/mol. The summed E-state index contributed by atoms with van der Waals surface area (Å²) < 4.78 is 1.56. The standard InChI is InChI=1S/C19H19N3O2S/c1-13-9-10-20-17(12-13)22-18(24)15-7-3-4-8-16(15)21-19(22)25-11-5-6-14(2)23/h3-4,7-10,12H,5-6,11H2,1-2H3. The zero-order valence-electron chi connectivity index (χ0n) is 14.2. The van der Waals surface area contributed by atoms with Crippen molar-refractivity contribution >= 4 is 28.4 Å². The van der Waals surface area contributed by atoms with Crippen LogP contribution >= 0.6 is 11.8 Å². The molecule has 0 unspecified atom stereocenters. The highest BCUT2D eigenvalue weighted by atomic mass is 32.2. The lowest BCUT2D eigenvalue weighted by molar-refractivity contribution is -0.117. The molecule has 0 spiro atoms. The molecule has 0 saturated carbocycles. The van der Waals surface area contributed by atoms with Crippen LogP contribution in [-0.2, 0) is 4.79 Å². The SMILES string of the molecule is CC(=O)CCCSc1nc2ccccc2c(=O)n1-c1cc(C)ccn1. The second-order valence-electron chi connectivity index (χ2n) is 5.90. The molecule has 5 nitrogen and oxygen atoms in total. The predicted octanol–water partition coefficient (Wildman–Crippen LogP) is 3.55. The van der Waals surface area contributed by atoms with Gasteiger partial charge in [-0.1, -0.05) is 23.9 Å². The molecule has 0 radical (unpaired) electrons. The minimum absolute atomic E-state index is 0.127. The molecule has 2 aromatic heterocycles. The van der Waals surface area contributed by atoms with E-state index in [0.29, 0.717) is 28.3 Å². The molecule has 0 fully saturated rings. The molecule has 0 N–H and O–H groups in total. The van der Waals surface area contributed by atoms with Crippen LogP contribution in [0.3, 0.4) is 0 Å². The fourth-order valence-corrected chi connectivity index (χ4v) is 3.48. The lowest BCUT2D eigenvalue weighted by Crippen LogP contribution is -2.22. The van der Waals surface area contributed by atoms with Crippen LogP contribution in [0, 0.1) is 6.92 Å². The Labute approximate surface area is 150 Å². The molecule has 0 saturated heterocycles. The Hall–Kier alpha value is -2.47. The number of pyridine rings is 1. The maximum Gasteiger partial charge on any atom is 0.267 e. The molecular weight excluding hydrogens is 334 g/mol. The Morgan fingerprint density at radius 2 is 2.04 bits per heavy atom. The minimum Gasteiger partial charge on any atom is -0.300 e. The third-order valence-electron chi connectivity index (χ3n) is 3.78. The number of carbonyl (C=O) groups is 1. The highest BCUT2D eigenvalue weighted by Gasteiger charge is 2.14. The number of aromatic nitrogens is 3. The fourth-order valence-electron chi connectivity index (χ4n) is 2.54. The minimum atomic E-state index is -0.127. The molecule has 0 aliphatic carbocycles. The smallest absolute Gasteiger partial charge is 0.267 e. The van der Waals surface area contributed by atoms with E-state index < -0.39 is 0 Å². The van der Waals surface area contributed by atoms with Crippen LogP contribution in [0.25, 0.3) is 16.7 Å². The van der Waals surface area contributed by atoms with Gasteiger partial charge in [-0.15, -0.1) is 0 Å². The van der Waals surface area contributed by atoms with E-state index in [1.807, 2.05) is 37.3 Å². The van der Waals surface area contributed by atoms with Gasteiger partial charge in [0.05, 0.1) is 10.9 Å². The molecule has 3 aromatic rings. The van der Waals surface area contributed by atoms with Crippen molar-refractivity contribution in [3.8, 4) is 5.82 Å². The Balaban J connectivity index is 2.08. The zero-order chi connectivity index (χ0) is 17.8. The van der Waals surface area contributed by atoms with Gasteiger partial charge >= 0.3 is 0 Å². The number of fused-ring (bicyclic) bond motifs is 1. The van der Waals surface area contributed by atoms with Crippen LogP contribution in [0.5, 0.6) is 0 Å². The molecule has 3 rings (SSSR count). The second kappa shape index (κ2) is 7.61. The van der Waals surface area contributed by atoms with Crippen LogP contribution in [0.2, 0.25) is 0 Å². The molecule has 128 valence electrons. The van der Waals surface area contributed by atoms with E-state index in [4.69, 9.17) is 0 Å². The average Bonchev–Trinajstić information content (AvgIpc) is 2.59. The summed E-state index contributed by atoms with van der Waals surface area (Å²) in [7, 11) is 0. The lowest BCUT2D eigenvalue weighted by atomic mass is 10.2. The number of benzene rings is 1. The molecule has 6 heteroatoms. The molecule has 0 atom stereocenters. The highest BCUT2D eigenvalue weighted by Crippen LogP contribution is 2.21. The summed E-state index contributed by atoms with van der Waals surface area (Å²) in [6.07, 6.45) is 2.98. The van der Waals surface area contributed by atoms with E-state index in [1.165, 1.54) is 11.8 Å². The number of nitrogens with zero attached hydrogens (tertiary/aromatic N) is 3. The van der Waals surface area contributed by atoms with Crippen LogP contribution in [0.1, 0.15) is 25.3 Å². The van der Waals surface area contributed by atoms with Crippen molar-refractivity contribution in [3.05, 3.63) is 58.5 Å². The first-order chi connectivity index (χ1) is 12.1. The number of thioether (sulfide) groups is 1. The summed E-state index contributed by atoms with van der Waals surface area (Å²) in [6, 6.07) is 11.1. The largest absolute Gasteiger partial charge is 0.300 e. The van der Waals surface area contributed by atoms with Crippen molar-refractivity contribution in [1.29, 1.82) is 0 Å². The number of ketones is 1. The van der Waals surface area contributed by atoms with E-state index >= 15 is 0 Å². The van der Waals surface area contributed by atoms with Gasteiger partial charge in [-0.3, -0.25) is 4.79 Å². The fraction of sp³-hybridized carbons (Fsp3) is 0.263. The molecule has 0 aliphatic heterocycles. The van der Waals surface area contributed by atoms with Gasteiger partial charge in [-0.2, -0.15) is 0 Å². The first-order valence-corrected chi connectivity index (χ1v) is 9.12. The first kappa shape index (κ1) is 17.4. The van der Waals surface area contributed by atoms with Crippen LogP contribution < -0.4 is 5.56 Å². The van der Waals surface area contributed by atoms with Crippen molar-refractivity contribution in [2.24, 2.45) is 0 Å². The van der Waals surface area contributed by atoms with Crippen LogP contribution in [0.15, 0.2) is 52.5 Å². The van der Waals surface area contributed by atoms with Crippen molar-refractivity contribution < 1.29 is 4.79 Å². The van der Waals surface area contributed by atoms with Gasteiger partial charge in [0.1, 0.15) is 11.6 Å². The zero-order valence-corrected chi connectivity index (χ0v) is 15.0. The summed E-state index contributed by atoms with van der Waals surface area (Å²) in [5.74, 6) is 1.46. The summed E-state index contributed by atoms with van der Waals surface area (Å²) in [5.41, 5.74) is 1.57. The third-order valence-corrected chi connectivity index (χ3v) is 4.80. The van der Waals surface area contributed by atoms with Crippen molar-refractivity contribution in [2.45, 2.75) is 31.8 Å². The van der Waals surface area contributed by atoms with Gasteiger partial charge in [0, 0.05) is 18.4 Å². The Bertz CT molecular complexity index is 982. The number of carbonyl (C=O) groups excluding carboxylic acids is 1. The Kier molecular flexibility index (Phi) is 5.28. The van der Waals surface area contributed by atoms with E-state index in [0.717, 1.165) is 17.7 Å². The molecule has 25 heavy (non-hydrogen) atoms. The summed E-state index contributed by atoms with van der Waals surface area (Å²) in [4.78, 5) is 33.1. The molecule has 0 bridgehead atoms. The topological polar surface area (TPSA) is 64.8 Å². The van der Waals surface area contributed by atoms with Gasteiger partial charge in [-0.25, -0.2) is 14.5 Å². The number of aryl methyl sites for hydroxylation is 1. The van der Waals surface area contributed by atoms with Crippen LogP contribution in [0.4, 0.5) is 0 Å². The normalized spacial score (nSPS) is 11.0. The summed E-state index contributed by atoms with van der Waals surface area (Å²) in [6.45, 7) is 3.55. The van der Waals surface area contributed by atoms with Crippen molar-refractivity contribution in [2.75, 3.05) is 5.75 Å². The van der Waals surface area contributed by atoms with Gasteiger partial charge in [-0.05, 0) is 50.1 Å². The average molecular weight is 353 g/mol. The number of para-hydroxylation sites is 1. The van der Waals surface area contributed by atoms with E-state index in [-0.39, 0.29) is 11.3 Å². The van der Waals surface area contributed by atoms with Gasteiger partial charge < -0.3 is 4.79 Å². The number of hydrogen-bond donors (Lipinski definition) is 0. The Morgan fingerprint density at radius 1 is 1.24 bits per heavy atom. The third kappa shape index (κ3) is 3.96. The molecule has 0 aliphatic rings. The summed E-state index contributed by atoms with van der Waals surface area (Å²) >= 11 is 1.48. The van der Waals surface area contributed by atoms with Crippen molar-refractivity contribution in [3.63, 3.8) is 0 Å². The summed E-state index contributed by atoms with van der Waals surface area (Å²) in [5, 5.41) is 1.17.